The quantitative estimate of drug-likeness (QED) is 0.855. The Kier molecular flexibility index (Phi) is 5.26. The lowest BCUT2D eigenvalue weighted by Gasteiger charge is -2.09. The lowest BCUT2D eigenvalue weighted by atomic mass is 10.1. The number of aryl methyl sites for hydroxylation is 1. The summed E-state index contributed by atoms with van der Waals surface area (Å²) in [5.41, 5.74) is 2.89. The van der Waals surface area contributed by atoms with Crippen LogP contribution in [-0.2, 0) is 13.0 Å². The van der Waals surface area contributed by atoms with Crippen molar-refractivity contribution in [1.82, 2.24) is 15.5 Å². The average molecular weight is 284 g/mol. The Labute approximate surface area is 124 Å². The number of hydrogen-bond donors (Lipinski definition) is 2. The van der Waals surface area contributed by atoms with E-state index in [0.717, 1.165) is 6.42 Å². The van der Waals surface area contributed by atoms with Crippen LogP contribution < -0.4 is 10.6 Å². The van der Waals surface area contributed by atoms with Crippen LogP contribution in [0.3, 0.4) is 0 Å². The van der Waals surface area contributed by atoms with Gasteiger partial charge in [0, 0.05) is 13.1 Å². The molecule has 0 bridgehead atoms. The van der Waals surface area contributed by atoms with Gasteiger partial charge in [-0.3, -0.25) is 4.79 Å². The third-order valence-electron chi connectivity index (χ3n) is 3.19. The highest BCUT2D eigenvalue weighted by Crippen LogP contribution is 2.11. The zero-order valence-electron chi connectivity index (χ0n) is 12.4. The Hall–Kier alpha value is -2.43. The summed E-state index contributed by atoms with van der Waals surface area (Å²) >= 11 is 0. The van der Waals surface area contributed by atoms with Crippen molar-refractivity contribution in [2.45, 2.75) is 26.8 Å². The smallest absolute Gasteiger partial charge is 0.271 e. The normalized spacial score (nSPS) is 10.2. The second kappa shape index (κ2) is 7.38. The first-order valence-electron chi connectivity index (χ1n) is 7.17. The molecule has 0 fully saturated rings. The number of hydrogen-bond acceptors (Lipinski definition) is 4. The molecule has 5 heteroatoms. The fraction of sp³-hybridized carbons (Fsp3) is 0.312. The third-order valence-corrected chi connectivity index (χ3v) is 3.19. The van der Waals surface area contributed by atoms with Gasteiger partial charge in [0.15, 0.2) is 5.69 Å². The molecular formula is C16H20N4O. The maximum Gasteiger partial charge on any atom is 0.271 e. The Morgan fingerprint density at radius 3 is 2.43 bits per heavy atom. The average Bonchev–Trinajstić information content (AvgIpc) is 2.54. The summed E-state index contributed by atoms with van der Waals surface area (Å²) in [6, 6.07) is 11.7. The van der Waals surface area contributed by atoms with Crippen molar-refractivity contribution < 1.29 is 4.79 Å². The molecule has 0 aliphatic rings. The van der Waals surface area contributed by atoms with Crippen LogP contribution in [0.5, 0.6) is 0 Å². The molecule has 0 radical (unpaired) electrons. The number of carbonyl (C=O) groups excluding carboxylic acids is 1. The Morgan fingerprint density at radius 1 is 1.05 bits per heavy atom. The number of nitrogens with zero attached hydrogens (tertiary/aromatic N) is 2. The molecule has 0 spiro atoms. The topological polar surface area (TPSA) is 66.9 Å². The van der Waals surface area contributed by atoms with Crippen LogP contribution in [0.25, 0.3) is 0 Å². The van der Waals surface area contributed by atoms with Gasteiger partial charge in [0.25, 0.3) is 5.91 Å². The summed E-state index contributed by atoms with van der Waals surface area (Å²) in [4.78, 5) is 11.6. The highest BCUT2D eigenvalue weighted by atomic mass is 16.1. The molecule has 0 atom stereocenters. The van der Waals surface area contributed by atoms with Crippen LogP contribution in [0.2, 0.25) is 0 Å². The standard InChI is InChI=1S/C16H20N4O/c1-3-12-7-5-6-8-13(12)11-18-15-10-9-14(19-20-15)16(21)17-4-2/h5-10H,3-4,11H2,1-2H3,(H,17,21)(H,18,20). The van der Waals surface area contributed by atoms with Crippen molar-refractivity contribution in [3.8, 4) is 0 Å². The van der Waals surface area contributed by atoms with Crippen molar-refractivity contribution in [2.75, 3.05) is 11.9 Å². The van der Waals surface area contributed by atoms with Gasteiger partial charge < -0.3 is 10.6 Å². The maximum atomic E-state index is 11.6. The number of nitrogens with one attached hydrogen (secondary N) is 2. The van der Waals surface area contributed by atoms with Gasteiger partial charge in [-0.05, 0) is 36.6 Å². The minimum Gasteiger partial charge on any atom is -0.364 e. The Balaban J connectivity index is 1.99. The van der Waals surface area contributed by atoms with Crippen LogP contribution in [-0.4, -0.2) is 22.6 Å². The highest BCUT2D eigenvalue weighted by Gasteiger charge is 2.06. The minimum atomic E-state index is -0.201. The lowest BCUT2D eigenvalue weighted by Crippen LogP contribution is -2.24. The molecule has 110 valence electrons. The van der Waals surface area contributed by atoms with E-state index in [1.165, 1.54) is 11.1 Å². The van der Waals surface area contributed by atoms with E-state index in [9.17, 15) is 4.79 Å². The van der Waals surface area contributed by atoms with Crippen LogP contribution in [0.4, 0.5) is 5.82 Å². The summed E-state index contributed by atoms with van der Waals surface area (Å²) in [5, 5.41) is 13.9. The molecule has 0 aliphatic carbocycles. The molecule has 1 amide bonds. The van der Waals surface area contributed by atoms with E-state index in [1.807, 2.05) is 19.1 Å². The molecule has 1 heterocycles. The minimum absolute atomic E-state index is 0.201. The lowest BCUT2D eigenvalue weighted by molar-refractivity contribution is 0.0950. The SMILES string of the molecule is CCNC(=O)c1ccc(NCc2ccccc2CC)nn1. The van der Waals surface area contributed by atoms with Crippen LogP contribution >= 0.6 is 0 Å². The van der Waals surface area contributed by atoms with E-state index in [-0.39, 0.29) is 5.91 Å². The van der Waals surface area contributed by atoms with Gasteiger partial charge in [0.05, 0.1) is 0 Å². The number of rotatable bonds is 6. The van der Waals surface area contributed by atoms with E-state index >= 15 is 0 Å². The van der Waals surface area contributed by atoms with E-state index in [2.05, 4.69) is 39.9 Å². The van der Waals surface area contributed by atoms with Gasteiger partial charge in [0.2, 0.25) is 0 Å². The summed E-state index contributed by atoms with van der Waals surface area (Å²) in [7, 11) is 0. The molecule has 2 aromatic rings. The monoisotopic (exact) mass is 284 g/mol. The molecule has 0 unspecified atom stereocenters. The van der Waals surface area contributed by atoms with Gasteiger partial charge in [-0.15, -0.1) is 10.2 Å². The van der Waals surface area contributed by atoms with Crippen molar-refractivity contribution in [1.29, 1.82) is 0 Å². The third kappa shape index (κ3) is 4.02. The number of aromatic nitrogens is 2. The first-order valence-corrected chi connectivity index (χ1v) is 7.17. The number of anilines is 1. The van der Waals surface area contributed by atoms with Gasteiger partial charge in [0.1, 0.15) is 5.82 Å². The first-order chi connectivity index (χ1) is 10.2. The molecule has 2 rings (SSSR count). The molecule has 21 heavy (non-hydrogen) atoms. The Bertz CT molecular complexity index is 595. The van der Waals surface area contributed by atoms with E-state index in [4.69, 9.17) is 0 Å². The van der Waals surface area contributed by atoms with E-state index < -0.39 is 0 Å². The summed E-state index contributed by atoms with van der Waals surface area (Å²) in [5.74, 6) is 0.460. The predicted molar refractivity (Wildman–Crippen MR) is 83.2 cm³/mol. The molecule has 1 aromatic heterocycles. The van der Waals surface area contributed by atoms with Crippen LogP contribution in [0.15, 0.2) is 36.4 Å². The van der Waals surface area contributed by atoms with Crippen molar-refractivity contribution in [3.05, 3.63) is 53.2 Å². The van der Waals surface area contributed by atoms with Crippen molar-refractivity contribution >= 4 is 11.7 Å². The van der Waals surface area contributed by atoms with Crippen LogP contribution in [0.1, 0.15) is 35.5 Å². The number of amides is 1. The number of benzene rings is 1. The largest absolute Gasteiger partial charge is 0.364 e. The van der Waals surface area contributed by atoms with Crippen LogP contribution in [0, 0.1) is 0 Å². The summed E-state index contributed by atoms with van der Waals surface area (Å²) < 4.78 is 0. The van der Waals surface area contributed by atoms with Gasteiger partial charge in [-0.1, -0.05) is 31.2 Å². The fourth-order valence-electron chi connectivity index (χ4n) is 2.06. The number of carbonyl (C=O) groups is 1. The molecule has 0 aliphatic heterocycles. The second-order valence-electron chi connectivity index (χ2n) is 4.64. The predicted octanol–water partition coefficient (Wildman–Crippen LogP) is 2.40. The molecule has 0 saturated heterocycles. The molecule has 5 nitrogen and oxygen atoms in total. The molecular weight excluding hydrogens is 264 g/mol. The Morgan fingerprint density at radius 2 is 1.81 bits per heavy atom. The zero-order valence-corrected chi connectivity index (χ0v) is 12.4. The summed E-state index contributed by atoms with van der Waals surface area (Å²) in [6.07, 6.45) is 1.000. The van der Waals surface area contributed by atoms with E-state index in [0.29, 0.717) is 24.6 Å². The molecule has 1 aromatic carbocycles. The highest BCUT2D eigenvalue weighted by molar-refractivity contribution is 5.92. The summed E-state index contributed by atoms with van der Waals surface area (Å²) in [6.45, 7) is 5.28. The molecule has 2 N–H and O–H groups in total. The van der Waals surface area contributed by atoms with Crippen molar-refractivity contribution in [3.63, 3.8) is 0 Å². The fourth-order valence-corrected chi connectivity index (χ4v) is 2.06. The maximum absolute atomic E-state index is 11.6. The van der Waals surface area contributed by atoms with Gasteiger partial charge >= 0.3 is 0 Å². The second-order valence-corrected chi connectivity index (χ2v) is 4.64. The molecule has 0 saturated carbocycles. The van der Waals surface area contributed by atoms with Gasteiger partial charge in [-0.2, -0.15) is 0 Å². The first kappa shape index (κ1) is 15.0. The van der Waals surface area contributed by atoms with Crippen molar-refractivity contribution in [2.24, 2.45) is 0 Å². The zero-order chi connectivity index (χ0) is 15.1. The van der Waals surface area contributed by atoms with Gasteiger partial charge in [-0.25, -0.2) is 0 Å². The van der Waals surface area contributed by atoms with E-state index in [1.54, 1.807) is 12.1 Å².